The Bertz CT molecular complexity index is 577. The molecule has 0 aliphatic carbocycles. The fraction of sp³-hybridized carbons (Fsp3) is 0.500. The van der Waals surface area contributed by atoms with Crippen LogP contribution in [-0.4, -0.2) is 30.4 Å². The van der Waals surface area contributed by atoms with Gasteiger partial charge < -0.3 is 5.32 Å². The molecule has 4 nitrogen and oxygen atoms in total. The predicted molar refractivity (Wildman–Crippen MR) is 75.7 cm³/mol. The second-order valence-electron chi connectivity index (χ2n) is 6.04. The lowest BCUT2D eigenvalue weighted by molar-refractivity contribution is -0.128. The minimum absolute atomic E-state index is 0.188. The van der Waals surface area contributed by atoms with E-state index in [4.69, 9.17) is 5.26 Å². The number of carbonyl (C=O) groups excluding carboxylic acids is 1. The van der Waals surface area contributed by atoms with Gasteiger partial charge in [-0.15, -0.1) is 0 Å². The average molecular weight is 269 g/mol. The van der Waals surface area contributed by atoms with Crippen LogP contribution in [0.2, 0.25) is 0 Å². The molecule has 1 aromatic rings. The van der Waals surface area contributed by atoms with Gasteiger partial charge in [0.25, 0.3) is 0 Å². The normalized spacial score (nSPS) is 29.6. The molecule has 2 fully saturated rings. The van der Waals surface area contributed by atoms with Crippen LogP contribution in [0.4, 0.5) is 0 Å². The van der Waals surface area contributed by atoms with Crippen molar-refractivity contribution in [1.82, 2.24) is 10.2 Å². The van der Waals surface area contributed by atoms with Crippen LogP contribution >= 0.6 is 0 Å². The van der Waals surface area contributed by atoms with Crippen molar-refractivity contribution in [3.8, 4) is 6.07 Å². The van der Waals surface area contributed by atoms with Crippen LogP contribution in [0.5, 0.6) is 0 Å². The van der Waals surface area contributed by atoms with Crippen molar-refractivity contribution in [2.45, 2.75) is 19.9 Å². The molecule has 20 heavy (non-hydrogen) atoms. The maximum absolute atomic E-state index is 12.1. The molecule has 2 heterocycles. The van der Waals surface area contributed by atoms with Crippen LogP contribution in [0, 0.1) is 22.7 Å². The molecule has 0 saturated carbocycles. The number of likely N-dealkylation sites (tertiary alicyclic amines) is 1. The zero-order valence-corrected chi connectivity index (χ0v) is 11.7. The first-order valence-corrected chi connectivity index (χ1v) is 7.14. The highest BCUT2D eigenvalue weighted by molar-refractivity contribution is 5.85. The zero-order chi connectivity index (χ0) is 14.2. The summed E-state index contributed by atoms with van der Waals surface area (Å²) >= 11 is 0. The fourth-order valence-corrected chi connectivity index (χ4v) is 3.61. The molecule has 0 aromatic heterocycles. The molecule has 0 unspecified atom stereocenters. The van der Waals surface area contributed by atoms with Gasteiger partial charge in [0, 0.05) is 26.2 Å². The Morgan fingerprint density at radius 3 is 3.10 bits per heavy atom. The van der Waals surface area contributed by atoms with E-state index in [0.29, 0.717) is 11.5 Å². The van der Waals surface area contributed by atoms with Crippen LogP contribution < -0.4 is 5.32 Å². The first-order chi connectivity index (χ1) is 9.64. The van der Waals surface area contributed by atoms with Gasteiger partial charge in [0.15, 0.2) is 0 Å². The number of nitrogens with one attached hydrogen (secondary N) is 1. The molecule has 0 bridgehead atoms. The minimum atomic E-state index is -0.188. The van der Waals surface area contributed by atoms with E-state index in [1.165, 1.54) is 0 Å². The topological polar surface area (TPSA) is 56.1 Å². The summed E-state index contributed by atoms with van der Waals surface area (Å²) in [5, 5.41) is 11.9. The summed E-state index contributed by atoms with van der Waals surface area (Å²) in [7, 11) is 0. The number of hydrogen-bond donors (Lipinski definition) is 1. The van der Waals surface area contributed by atoms with E-state index in [0.717, 1.165) is 38.2 Å². The molecule has 2 aliphatic rings. The quantitative estimate of drug-likeness (QED) is 0.885. The number of amides is 1. The van der Waals surface area contributed by atoms with Crippen molar-refractivity contribution in [3.05, 3.63) is 35.4 Å². The van der Waals surface area contributed by atoms with Gasteiger partial charge in [-0.3, -0.25) is 9.69 Å². The smallest absolute Gasteiger partial charge is 0.227 e. The first kappa shape index (κ1) is 13.1. The molecular weight excluding hydrogens is 250 g/mol. The van der Waals surface area contributed by atoms with Crippen LogP contribution in [0.3, 0.4) is 0 Å². The van der Waals surface area contributed by atoms with Crippen LogP contribution in [0.25, 0.3) is 0 Å². The van der Waals surface area contributed by atoms with Gasteiger partial charge in [0.05, 0.1) is 17.0 Å². The summed E-state index contributed by atoms with van der Waals surface area (Å²) in [6, 6.07) is 9.90. The third-order valence-corrected chi connectivity index (χ3v) is 4.75. The summed E-state index contributed by atoms with van der Waals surface area (Å²) in [6.07, 6.45) is 0.946. The van der Waals surface area contributed by atoms with E-state index >= 15 is 0 Å². The second-order valence-corrected chi connectivity index (χ2v) is 6.04. The van der Waals surface area contributed by atoms with Gasteiger partial charge in [-0.05, 0) is 30.0 Å². The molecule has 1 spiro atoms. The molecule has 2 saturated heterocycles. The van der Waals surface area contributed by atoms with E-state index in [9.17, 15) is 4.79 Å². The Kier molecular flexibility index (Phi) is 3.23. The number of hydrogen-bond acceptors (Lipinski definition) is 3. The average Bonchev–Trinajstić information content (AvgIpc) is 2.95. The van der Waals surface area contributed by atoms with Crippen molar-refractivity contribution in [2.24, 2.45) is 11.3 Å². The fourth-order valence-electron chi connectivity index (χ4n) is 3.61. The number of rotatable bonds is 2. The van der Waals surface area contributed by atoms with Crippen LogP contribution in [-0.2, 0) is 11.3 Å². The summed E-state index contributed by atoms with van der Waals surface area (Å²) < 4.78 is 0. The van der Waals surface area contributed by atoms with Crippen molar-refractivity contribution >= 4 is 5.91 Å². The Labute approximate surface area is 119 Å². The van der Waals surface area contributed by atoms with Gasteiger partial charge in [0.2, 0.25) is 5.91 Å². The maximum Gasteiger partial charge on any atom is 0.227 e. The van der Waals surface area contributed by atoms with Crippen molar-refractivity contribution in [3.63, 3.8) is 0 Å². The van der Waals surface area contributed by atoms with Gasteiger partial charge in [-0.2, -0.15) is 5.26 Å². The van der Waals surface area contributed by atoms with E-state index in [2.05, 4.69) is 23.2 Å². The molecule has 1 N–H and O–H groups in total. The molecule has 104 valence electrons. The largest absolute Gasteiger partial charge is 0.356 e. The molecule has 1 amide bonds. The van der Waals surface area contributed by atoms with E-state index in [1.54, 1.807) is 0 Å². The molecule has 1 aromatic carbocycles. The number of nitriles is 1. The van der Waals surface area contributed by atoms with E-state index in [-0.39, 0.29) is 11.3 Å². The lowest BCUT2D eigenvalue weighted by atomic mass is 9.78. The van der Waals surface area contributed by atoms with Crippen LogP contribution in [0.15, 0.2) is 24.3 Å². The maximum atomic E-state index is 12.1. The van der Waals surface area contributed by atoms with Gasteiger partial charge >= 0.3 is 0 Å². The number of benzene rings is 1. The standard InChI is InChI=1S/C16H19N3O/c1-12-9-19(11-16(12)5-6-18-15(16)20)10-14-4-2-3-13(7-14)8-17/h2-4,7,12H,5-6,9-11H2,1H3,(H,18,20)/t12-,16-/m1/s1. The van der Waals surface area contributed by atoms with E-state index in [1.807, 2.05) is 24.3 Å². The molecule has 2 atom stereocenters. The van der Waals surface area contributed by atoms with Crippen LogP contribution in [0.1, 0.15) is 24.5 Å². The SMILES string of the molecule is C[C@@H]1CN(Cc2cccc(C#N)c2)C[C@]12CCNC2=O. The highest BCUT2D eigenvalue weighted by atomic mass is 16.2. The monoisotopic (exact) mass is 269 g/mol. The molecule has 3 rings (SSSR count). The molecule has 2 aliphatic heterocycles. The third kappa shape index (κ3) is 2.08. The summed E-state index contributed by atoms with van der Waals surface area (Å²) in [6.45, 7) is 5.58. The highest BCUT2D eigenvalue weighted by Gasteiger charge is 2.51. The first-order valence-electron chi connectivity index (χ1n) is 7.14. The molecule has 4 heteroatoms. The Hall–Kier alpha value is -1.86. The predicted octanol–water partition coefficient (Wildman–Crippen LogP) is 1.52. The number of nitrogens with zero attached hydrogens (tertiary/aromatic N) is 2. The Morgan fingerprint density at radius 1 is 1.55 bits per heavy atom. The Morgan fingerprint density at radius 2 is 2.40 bits per heavy atom. The number of carbonyl (C=O) groups is 1. The highest BCUT2D eigenvalue weighted by Crippen LogP contribution is 2.42. The van der Waals surface area contributed by atoms with Crippen molar-refractivity contribution in [2.75, 3.05) is 19.6 Å². The Balaban J connectivity index is 1.74. The lowest BCUT2D eigenvalue weighted by Crippen LogP contribution is -2.37. The lowest BCUT2D eigenvalue weighted by Gasteiger charge is -2.24. The van der Waals surface area contributed by atoms with Crippen molar-refractivity contribution < 1.29 is 4.79 Å². The second kappa shape index (κ2) is 4.92. The summed E-state index contributed by atoms with van der Waals surface area (Å²) in [5.74, 6) is 0.613. The summed E-state index contributed by atoms with van der Waals surface area (Å²) in [5.41, 5.74) is 1.65. The van der Waals surface area contributed by atoms with E-state index < -0.39 is 0 Å². The summed E-state index contributed by atoms with van der Waals surface area (Å²) in [4.78, 5) is 14.5. The third-order valence-electron chi connectivity index (χ3n) is 4.75. The zero-order valence-electron chi connectivity index (χ0n) is 11.7. The van der Waals surface area contributed by atoms with Gasteiger partial charge in [-0.25, -0.2) is 0 Å². The molecule has 0 radical (unpaired) electrons. The van der Waals surface area contributed by atoms with Gasteiger partial charge in [-0.1, -0.05) is 19.1 Å². The van der Waals surface area contributed by atoms with Gasteiger partial charge in [0.1, 0.15) is 0 Å². The van der Waals surface area contributed by atoms with Crippen molar-refractivity contribution in [1.29, 1.82) is 5.26 Å². The molecular formula is C16H19N3O. The minimum Gasteiger partial charge on any atom is -0.356 e.